The molecule has 0 saturated heterocycles. The number of hydrogen-bond donors (Lipinski definition) is 1. The van der Waals surface area contributed by atoms with E-state index in [0.717, 1.165) is 28.0 Å². The van der Waals surface area contributed by atoms with Gasteiger partial charge in [0, 0.05) is 11.6 Å². The Morgan fingerprint density at radius 1 is 1.06 bits per heavy atom. The van der Waals surface area contributed by atoms with Gasteiger partial charge in [0.05, 0.1) is 12.5 Å². The van der Waals surface area contributed by atoms with Crippen molar-refractivity contribution >= 4 is 5.97 Å². The lowest BCUT2D eigenvalue weighted by molar-refractivity contribution is -0.136. The van der Waals surface area contributed by atoms with Crippen molar-refractivity contribution < 1.29 is 23.7 Å². The smallest absolute Gasteiger partial charge is 0.349 e. The second kappa shape index (κ2) is 10.2. The van der Waals surface area contributed by atoms with Crippen LogP contribution in [0.25, 0.3) is 0 Å². The van der Waals surface area contributed by atoms with E-state index in [9.17, 15) is 10.1 Å². The Bertz CT molecular complexity index is 1320. The minimum Gasteiger partial charge on any atom is -0.494 e. The summed E-state index contributed by atoms with van der Waals surface area (Å²) < 4.78 is 22.3. The third-order valence-electron chi connectivity index (χ3n) is 5.85. The predicted molar refractivity (Wildman–Crippen MR) is 130 cm³/mol. The number of esters is 1. The number of fused-ring (bicyclic) bond motifs is 1. The van der Waals surface area contributed by atoms with Crippen molar-refractivity contribution in [1.82, 2.24) is 0 Å². The van der Waals surface area contributed by atoms with Gasteiger partial charge in [0.15, 0.2) is 6.61 Å². The molecule has 0 aliphatic carbocycles. The first-order chi connectivity index (χ1) is 16.9. The molecule has 178 valence electrons. The topological polar surface area (TPSA) is 104 Å². The lowest BCUT2D eigenvalue weighted by Crippen LogP contribution is -2.21. The second-order valence-electron chi connectivity index (χ2n) is 8.09. The third kappa shape index (κ3) is 5.07. The maximum atomic E-state index is 12.4. The molecule has 7 heteroatoms. The number of benzene rings is 3. The van der Waals surface area contributed by atoms with Crippen molar-refractivity contribution in [3.8, 4) is 29.1 Å². The predicted octanol–water partition coefficient (Wildman–Crippen LogP) is 4.90. The van der Waals surface area contributed by atoms with Crippen LogP contribution in [0, 0.1) is 25.2 Å². The zero-order valence-corrected chi connectivity index (χ0v) is 19.8. The first-order valence-corrected chi connectivity index (χ1v) is 11.2. The molecule has 1 unspecified atom stereocenters. The molecule has 0 fully saturated rings. The van der Waals surface area contributed by atoms with Crippen LogP contribution in [-0.2, 0) is 4.79 Å². The summed E-state index contributed by atoms with van der Waals surface area (Å²) in [4.78, 5) is 12.4. The van der Waals surface area contributed by atoms with Gasteiger partial charge in [-0.2, -0.15) is 5.26 Å². The summed E-state index contributed by atoms with van der Waals surface area (Å²) in [6.07, 6.45) is 0. The van der Waals surface area contributed by atoms with Crippen LogP contribution in [0.15, 0.2) is 72.1 Å². The number of aryl methyl sites for hydroxylation is 1. The summed E-state index contributed by atoms with van der Waals surface area (Å²) in [6.45, 7) is 6.15. The number of nitrogens with zero attached hydrogens (tertiary/aromatic N) is 1. The Morgan fingerprint density at radius 2 is 1.80 bits per heavy atom. The number of carbonyl (C=O) groups is 1. The number of hydrogen-bond acceptors (Lipinski definition) is 7. The van der Waals surface area contributed by atoms with Gasteiger partial charge < -0.3 is 24.7 Å². The van der Waals surface area contributed by atoms with Gasteiger partial charge in [-0.25, -0.2) is 4.79 Å². The normalized spacial score (nSPS) is 14.4. The maximum absolute atomic E-state index is 12.4. The molecular weight excluding hydrogens is 444 g/mol. The van der Waals surface area contributed by atoms with E-state index in [-0.39, 0.29) is 18.2 Å². The van der Waals surface area contributed by atoms with Crippen molar-refractivity contribution in [2.45, 2.75) is 26.7 Å². The van der Waals surface area contributed by atoms with Crippen LogP contribution in [-0.4, -0.2) is 19.2 Å². The highest BCUT2D eigenvalue weighted by Crippen LogP contribution is 2.43. The Morgan fingerprint density at radius 3 is 2.51 bits per heavy atom. The van der Waals surface area contributed by atoms with Crippen LogP contribution in [0.5, 0.6) is 23.0 Å². The SMILES string of the molecule is CCOc1ccc(C2C(C#N)=C(N)Oc3cc(OC(=O)COc4cccc(C)c4C)ccc32)cc1. The van der Waals surface area contributed by atoms with Gasteiger partial charge in [-0.1, -0.05) is 30.3 Å². The molecule has 3 aromatic carbocycles. The van der Waals surface area contributed by atoms with E-state index in [0.29, 0.717) is 23.7 Å². The molecule has 1 aliphatic rings. The standard InChI is InChI=1S/C28H26N2O5/c1-4-32-20-10-8-19(9-11-20)27-22-13-12-21(14-25(22)35-28(30)23(27)15-29)34-26(31)16-33-24-7-5-6-17(2)18(24)3/h5-14,27H,4,16,30H2,1-3H3. The third-order valence-corrected chi connectivity index (χ3v) is 5.85. The Kier molecular flexibility index (Phi) is 6.93. The molecule has 0 amide bonds. The van der Waals surface area contributed by atoms with Crippen LogP contribution in [0.2, 0.25) is 0 Å². The maximum Gasteiger partial charge on any atom is 0.349 e. The molecular formula is C28H26N2O5. The van der Waals surface area contributed by atoms with E-state index < -0.39 is 11.9 Å². The quantitative estimate of drug-likeness (QED) is 0.387. The molecule has 0 aromatic heterocycles. The van der Waals surface area contributed by atoms with Crippen LogP contribution >= 0.6 is 0 Å². The number of nitriles is 1. The Hall–Kier alpha value is -4.44. The minimum absolute atomic E-state index is 0.0145. The summed E-state index contributed by atoms with van der Waals surface area (Å²) in [5.74, 6) is 1.13. The van der Waals surface area contributed by atoms with E-state index in [1.807, 2.05) is 63.2 Å². The van der Waals surface area contributed by atoms with E-state index in [2.05, 4.69) is 6.07 Å². The number of ether oxygens (including phenoxy) is 4. The van der Waals surface area contributed by atoms with Gasteiger partial charge in [0.1, 0.15) is 34.6 Å². The van der Waals surface area contributed by atoms with Gasteiger partial charge in [0.2, 0.25) is 5.88 Å². The van der Waals surface area contributed by atoms with Gasteiger partial charge in [0.25, 0.3) is 0 Å². The molecule has 0 bridgehead atoms. The summed E-state index contributed by atoms with van der Waals surface area (Å²) in [6, 6.07) is 20.4. The van der Waals surface area contributed by atoms with Crippen molar-refractivity contribution in [2.24, 2.45) is 5.73 Å². The second-order valence-corrected chi connectivity index (χ2v) is 8.09. The van der Waals surface area contributed by atoms with Crippen molar-refractivity contribution in [3.63, 3.8) is 0 Å². The summed E-state index contributed by atoms with van der Waals surface area (Å²) in [5, 5.41) is 9.74. The van der Waals surface area contributed by atoms with Gasteiger partial charge in [-0.3, -0.25) is 0 Å². The number of carbonyl (C=O) groups excluding carboxylic acids is 1. The molecule has 1 aliphatic heterocycles. The molecule has 0 spiro atoms. The molecule has 2 N–H and O–H groups in total. The van der Waals surface area contributed by atoms with Crippen LogP contribution < -0.4 is 24.7 Å². The fraction of sp³-hybridized carbons (Fsp3) is 0.214. The molecule has 0 saturated carbocycles. The van der Waals surface area contributed by atoms with Crippen molar-refractivity contribution in [3.05, 3.63) is 94.4 Å². The lowest BCUT2D eigenvalue weighted by atomic mass is 9.83. The molecule has 35 heavy (non-hydrogen) atoms. The average molecular weight is 471 g/mol. The van der Waals surface area contributed by atoms with Gasteiger partial charge >= 0.3 is 5.97 Å². The van der Waals surface area contributed by atoms with Gasteiger partial charge in [-0.15, -0.1) is 0 Å². The highest BCUT2D eigenvalue weighted by molar-refractivity contribution is 5.74. The van der Waals surface area contributed by atoms with Crippen molar-refractivity contribution in [2.75, 3.05) is 13.2 Å². The highest BCUT2D eigenvalue weighted by atomic mass is 16.6. The zero-order chi connectivity index (χ0) is 24.9. The first-order valence-electron chi connectivity index (χ1n) is 11.2. The summed E-state index contributed by atoms with van der Waals surface area (Å²) in [7, 11) is 0. The fourth-order valence-electron chi connectivity index (χ4n) is 3.94. The molecule has 1 atom stereocenters. The Balaban J connectivity index is 1.54. The van der Waals surface area contributed by atoms with Gasteiger partial charge in [-0.05, 0) is 61.7 Å². The number of allylic oxidation sites excluding steroid dienone is 1. The van der Waals surface area contributed by atoms with E-state index in [4.69, 9.17) is 24.7 Å². The lowest BCUT2D eigenvalue weighted by Gasteiger charge is -2.26. The zero-order valence-electron chi connectivity index (χ0n) is 19.8. The molecule has 1 heterocycles. The largest absolute Gasteiger partial charge is 0.494 e. The monoisotopic (exact) mass is 470 g/mol. The number of nitrogens with two attached hydrogens (primary N) is 1. The first kappa shape index (κ1) is 23.7. The van der Waals surface area contributed by atoms with Crippen LogP contribution in [0.1, 0.15) is 35.1 Å². The number of rotatable bonds is 7. The molecule has 4 rings (SSSR count). The fourth-order valence-corrected chi connectivity index (χ4v) is 3.94. The van der Waals surface area contributed by atoms with E-state index in [1.54, 1.807) is 18.2 Å². The minimum atomic E-state index is -0.550. The molecule has 3 aromatic rings. The van der Waals surface area contributed by atoms with Crippen LogP contribution in [0.4, 0.5) is 0 Å². The van der Waals surface area contributed by atoms with Crippen molar-refractivity contribution in [1.29, 1.82) is 5.26 Å². The van der Waals surface area contributed by atoms with Crippen LogP contribution in [0.3, 0.4) is 0 Å². The summed E-state index contributed by atoms with van der Waals surface area (Å²) >= 11 is 0. The summed E-state index contributed by atoms with van der Waals surface area (Å²) in [5.41, 5.74) is 10.0. The Labute approximate surface area is 204 Å². The highest BCUT2D eigenvalue weighted by Gasteiger charge is 2.31. The average Bonchev–Trinajstić information content (AvgIpc) is 2.85. The van der Waals surface area contributed by atoms with E-state index in [1.165, 1.54) is 0 Å². The molecule has 0 radical (unpaired) electrons. The molecule has 7 nitrogen and oxygen atoms in total. The van der Waals surface area contributed by atoms with E-state index >= 15 is 0 Å².